The molecule has 1 unspecified atom stereocenters. The molecule has 2 rings (SSSR count). The van der Waals surface area contributed by atoms with Crippen LogP contribution in [0, 0.1) is 0 Å². The molecule has 0 aromatic carbocycles. The summed E-state index contributed by atoms with van der Waals surface area (Å²) >= 11 is 0. The number of morpholine rings is 1. The minimum atomic E-state index is -0.467. The van der Waals surface area contributed by atoms with Crippen molar-refractivity contribution in [1.29, 1.82) is 0 Å². The molecule has 2 aliphatic rings. The number of halogens is 1. The number of methoxy groups -OCH3 is 1. The van der Waals surface area contributed by atoms with E-state index < -0.39 is 6.35 Å². The van der Waals surface area contributed by atoms with Crippen molar-refractivity contribution in [2.75, 3.05) is 47.6 Å². The lowest BCUT2D eigenvalue weighted by Crippen LogP contribution is -2.57. The van der Waals surface area contributed by atoms with Gasteiger partial charge in [-0.2, -0.15) is 15.0 Å². The zero-order valence-electron chi connectivity index (χ0n) is 10.9. The van der Waals surface area contributed by atoms with Gasteiger partial charge in [-0.1, -0.05) is 0 Å². The van der Waals surface area contributed by atoms with E-state index in [0.29, 0.717) is 4.48 Å². The smallest absolute Gasteiger partial charge is 0.329 e. The maximum atomic E-state index is 5.36. The maximum Gasteiger partial charge on any atom is 0.329 e. The topological polar surface area (TPSA) is 55.7 Å². The molecule has 0 saturated carbocycles. The predicted octanol–water partition coefficient (Wildman–Crippen LogP) is 0.0763. The van der Waals surface area contributed by atoms with Gasteiger partial charge in [0.2, 0.25) is 0 Å². The van der Waals surface area contributed by atoms with Crippen molar-refractivity contribution in [1.82, 2.24) is 5.06 Å². The van der Waals surface area contributed by atoms with Crippen molar-refractivity contribution in [2.45, 2.75) is 6.35 Å². The third-order valence-corrected chi connectivity index (χ3v) is 3.09. The van der Waals surface area contributed by atoms with Gasteiger partial charge >= 0.3 is 5.96 Å². The average molecular weight is 280 g/mol. The maximum absolute atomic E-state index is 5.36. The van der Waals surface area contributed by atoms with Gasteiger partial charge in [-0.15, -0.1) is 12.4 Å². The van der Waals surface area contributed by atoms with Crippen LogP contribution in [0.1, 0.15) is 0 Å². The van der Waals surface area contributed by atoms with Crippen molar-refractivity contribution >= 4 is 24.7 Å². The summed E-state index contributed by atoms with van der Waals surface area (Å²) in [5.74, 6) is 0.758. The van der Waals surface area contributed by atoms with Crippen molar-refractivity contribution in [3.05, 3.63) is 0 Å². The Morgan fingerprint density at radius 2 is 2.06 bits per heavy atom. The number of nitrogens with zero attached hydrogens (tertiary/aromatic N) is 4. The number of hydrogen-bond donors (Lipinski definition) is 0. The van der Waals surface area contributed by atoms with E-state index >= 15 is 0 Å². The van der Waals surface area contributed by atoms with Crippen LogP contribution in [0.4, 0.5) is 0 Å². The molecule has 0 aliphatic carbocycles. The molecule has 7 nitrogen and oxygen atoms in total. The third kappa shape index (κ3) is 2.99. The fourth-order valence-corrected chi connectivity index (χ4v) is 1.87. The molecular weight excluding hydrogens is 260 g/mol. The molecule has 0 aromatic heterocycles. The van der Waals surface area contributed by atoms with E-state index in [2.05, 4.69) is 17.0 Å². The minimum Gasteiger partial charge on any atom is -0.370 e. The lowest BCUT2D eigenvalue weighted by atomic mass is 10.3. The van der Waals surface area contributed by atoms with E-state index in [-0.39, 0.29) is 12.4 Å². The molecule has 1 fully saturated rings. The largest absolute Gasteiger partial charge is 0.370 e. The van der Waals surface area contributed by atoms with Gasteiger partial charge in [-0.25, -0.2) is 0 Å². The first-order valence-corrected chi connectivity index (χ1v) is 5.60. The first-order valence-electron chi connectivity index (χ1n) is 5.60. The summed E-state index contributed by atoms with van der Waals surface area (Å²) in [6.07, 6.45) is 1.14. The molecule has 2 heterocycles. The van der Waals surface area contributed by atoms with Gasteiger partial charge in [-0.05, 0) is 0 Å². The van der Waals surface area contributed by atoms with Crippen LogP contribution in [0.2, 0.25) is 0 Å². The lowest BCUT2D eigenvalue weighted by molar-refractivity contribution is -0.831. The van der Waals surface area contributed by atoms with Gasteiger partial charge < -0.3 is 9.47 Å². The second-order valence-corrected chi connectivity index (χ2v) is 4.23. The summed E-state index contributed by atoms with van der Waals surface area (Å²) in [6, 6.07) is 0. The van der Waals surface area contributed by atoms with E-state index in [1.165, 1.54) is 5.06 Å². The highest BCUT2D eigenvalue weighted by atomic mass is 35.5. The van der Waals surface area contributed by atoms with Crippen LogP contribution >= 0.6 is 12.4 Å². The Morgan fingerprint density at radius 1 is 1.39 bits per heavy atom. The first-order chi connectivity index (χ1) is 8.19. The van der Waals surface area contributed by atoms with Crippen LogP contribution in [-0.4, -0.2) is 75.8 Å². The van der Waals surface area contributed by atoms with Crippen molar-refractivity contribution < 1.29 is 18.8 Å². The number of aliphatic imine (C=N–C) groups is 2. The van der Waals surface area contributed by atoms with E-state index in [4.69, 9.17) is 14.3 Å². The van der Waals surface area contributed by atoms with Crippen LogP contribution in [0.15, 0.2) is 9.98 Å². The molecule has 2 aliphatic heterocycles. The summed E-state index contributed by atoms with van der Waals surface area (Å²) in [5.41, 5.74) is 0. The zero-order valence-corrected chi connectivity index (χ0v) is 11.7. The second-order valence-electron chi connectivity index (χ2n) is 4.23. The SMILES string of the molecule is COC1N=C([N+]2(C)CCOCC2)N=CN1OC.Cl. The van der Waals surface area contributed by atoms with Crippen LogP contribution in [0.3, 0.4) is 0 Å². The summed E-state index contributed by atoms with van der Waals surface area (Å²) in [4.78, 5) is 13.9. The normalized spacial score (nSPS) is 26.5. The first kappa shape index (κ1) is 15.3. The summed E-state index contributed by atoms with van der Waals surface area (Å²) < 4.78 is 11.3. The molecule has 0 radical (unpaired) electrons. The van der Waals surface area contributed by atoms with Crippen molar-refractivity contribution in [3.8, 4) is 0 Å². The van der Waals surface area contributed by atoms with Gasteiger partial charge in [0.25, 0.3) is 6.35 Å². The van der Waals surface area contributed by atoms with E-state index in [1.54, 1.807) is 20.6 Å². The fraction of sp³-hybridized carbons (Fsp3) is 0.800. The lowest BCUT2D eigenvalue weighted by Gasteiger charge is -2.37. The number of guanidine groups is 1. The number of hydroxylamine groups is 2. The number of quaternary nitrogens is 1. The molecule has 18 heavy (non-hydrogen) atoms. The predicted molar refractivity (Wildman–Crippen MR) is 69.6 cm³/mol. The molecular formula is C10H20ClN4O3+. The van der Waals surface area contributed by atoms with E-state index in [0.717, 1.165) is 32.3 Å². The third-order valence-electron chi connectivity index (χ3n) is 3.09. The Hall–Kier alpha value is -0.730. The molecule has 1 atom stereocenters. The highest BCUT2D eigenvalue weighted by Gasteiger charge is 2.35. The molecule has 0 amide bonds. The Labute approximate surface area is 113 Å². The molecule has 1 saturated heterocycles. The van der Waals surface area contributed by atoms with Gasteiger partial charge in [-0.3, -0.25) is 9.32 Å². The fourth-order valence-electron chi connectivity index (χ4n) is 1.87. The van der Waals surface area contributed by atoms with Gasteiger partial charge in [0.1, 0.15) is 19.4 Å². The second kappa shape index (κ2) is 6.44. The molecule has 0 N–H and O–H groups in total. The number of hydrogen-bond acceptors (Lipinski definition) is 6. The Balaban J connectivity index is 0.00000162. The molecule has 104 valence electrons. The Kier molecular flexibility index (Phi) is 5.48. The summed E-state index contributed by atoms with van der Waals surface area (Å²) in [5, 5.41) is 1.47. The van der Waals surface area contributed by atoms with Gasteiger partial charge in [0, 0.05) is 7.11 Å². The Bertz CT molecular complexity index is 331. The van der Waals surface area contributed by atoms with Crippen molar-refractivity contribution in [2.24, 2.45) is 9.98 Å². The highest BCUT2D eigenvalue weighted by Crippen LogP contribution is 2.15. The van der Waals surface area contributed by atoms with Crippen molar-refractivity contribution in [3.63, 3.8) is 0 Å². The zero-order chi connectivity index (χ0) is 12.3. The highest BCUT2D eigenvalue weighted by molar-refractivity contribution is 5.85. The van der Waals surface area contributed by atoms with Gasteiger partial charge in [0.15, 0.2) is 0 Å². The Morgan fingerprint density at radius 3 is 2.61 bits per heavy atom. The monoisotopic (exact) mass is 279 g/mol. The van der Waals surface area contributed by atoms with Crippen LogP contribution in [0.25, 0.3) is 0 Å². The van der Waals surface area contributed by atoms with E-state index in [9.17, 15) is 0 Å². The number of likely N-dealkylation sites (N-methyl/N-ethyl adjacent to an activating group) is 1. The molecule has 0 aromatic rings. The van der Waals surface area contributed by atoms with Crippen LogP contribution in [0.5, 0.6) is 0 Å². The molecule has 8 heteroatoms. The van der Waals surface area contributed by atoms with Gasteiger partial charge in [0.05, 0.1) is 27.4 Å². The number of rotatable bonds is 2. The van der Waals surface area contributed by atoms with E-state index in [1.807, 2.05) is 0 Å². The minimum absolute atomic E-state index is 0. The number of ether oxygens (including phenoxy) is 2. The van der Waals surface area contributed by atoms with Crippen LogP contribution < -0.4 is 0 Å². The summed E-state index contributed by atoms with van der Waals surface area (Å²) in [7, 11) is 5.26. The molecule has 0 bridgehead atoms. The average Bonchev–Trinajstić information content (AvgIpc) is 2.38. The summed E-state index contributed by atoms with van der Waals surface area (Å²) in [6.45, 7) is 3.21. The van der Waals surface area contributed by atoms with Crippen LogP contribution in [-0.2, 0) is 14.3 Å². The quantitative estimate of drug-likeness (QED) is 0.672. The molecule has 0 spiro atoms. The standard InChI is InChI=1S/C10H19N4O3.ClH/c1-14(4-6-17-7-5-14)9-11-8-13(16-3)10(12-9)15-2;/h8,10H,4-7H2,1-3H3;1H/q+1;.